The summed E-state index contributed by atoms with van der Waals surface area (Å²) in [7, 11) is 1.50. The summed E-state index contributed by atoms with van der Waals surface area (Å²) < 4.78 is 34.7. The lowest BCUT2D eigenvalue weighted by Gasteiger charge is -2.42. The van der Waals surface area contributed by atoms with Crippen LogP contribution in [0.15, 0.2) is 24.3 Å². The minimum absolute atomic E-state index is 0.191. The Morgan fingerprint density at radius 2 is 1.67 bits per heavy atom. The Kier molecular flexibility index (Phi) is 6.95. The molecule has 0 aliphatic heterocycles. The number of ether oxygens (including phenoxy) is 1. The van der Waals surface area contributed by atoms with Crippen LogP contribution in [0.3, 0.4) is 0 Å². The summed E-state index contributed by atoms with van der Waals surface area (Å²) in [4.78, 5) is 0. The number of methoxy groups -OCH3 is 1. The maximum absolute atomic E-state index is 15.0. The molecule has 0 aromatic heterocycles. The first kappa shape index (κ1) is 21.6. The quantitative estimate of drug-likeness (QED) is 0.413. The number of hydrogen-bond acceptors (Lipinski definition) is 1. The van der Waals surface area contributed by atoms with Crippen LogP contribution in [0, 0.1) is 29.4 Å². The van der Waals surface area contributed by atoms with Crippen LogP contribution in [-0.4, -0.2) is 7.11 Å². The zero-order valence-electron chi connectivity index (χ0n) is 18.6. The highest BCUT2D eigenvalue weighted by Gasteiger charge is 2.36. The fourth-order valence-electron chi connectivity index (χ4n) is 6.15. The topological polar surface area (TPSA) is 9.23 Å². The van der Waals surface area contributed by atoms with Gasteiger partial charge in [0.25, 0.3) is 0 Å². The Bertz CT molecular complexity index is 862. The molecule has 0 heterocycles. The van der Waals surface area contributed by atoms with Crippen molar-refractivity contribution in [2.45, 2.75) is 83.5 Å². The van der Waals surface area contributed by atoms with E-state index in [1.165, 1.54) is 77.0 Å². The SMILES string of the molecule is CCCCCCC1CCC2C[C@H](c3cc4c(F)cc(OC)cc4cc3F)CC[C@@H]2C1. The molecule has 2 aromatic carbocycles. The smallest absolute Gasteiger partial charge is 0.134 e. The van der Waals surface area contributed by atoms with Gasteiger partial charge < -0.3 is 4.74 Å². The van der Waals surface area contributed by atoms with Gasteiger partial charge in [0.05, 0.1) is 7.11 Å². The van der Waals surface area contributed by atoms with E-state index in [-0.39, 0.29) is 17.6 Å². The van der Waals surface area contributed by atoms with Crippen molar-refractivity contribution in [2.24, 2.45) is 17.8 Å². The molecule has 2 saturated carbocycles. The van der Waals surface area contributed by atoms with Crippen molar-refractivity contribution < 1.29 is 13.5 Å². The first-order chi connectivity index (χ1) is 14.6. The highest BCUT2D eigenvalue weighted by atomic mass is 19.1. The maximum Gasteiger partial charge on any atom is 0.134 e. The molecule has 0 radical (unpaired) electrons. The number of unbranched alkanes of at least 4 members (excludes halogenated alkanes) is 3. The van der Waals surface area contributed by atoms with Gasteiger partial charge in [-0.2, -0.15) is 0 Å². The van der Waals surface area contributed by atoms with Crippen LogP contribution in [-0.2, 0) is 0 Å². The van der Waals surface area contributed by atoms with Crippen molar-refractivity contribution in [3.05, 3.63) is 41.5 Å². The highest BCUT2D eigenvalue weighted by Crippen LogP contribution is 2.49. The average molecular weight is 415 g/mol. The average Bonchev–Trinajstić information content (AvgIpc) is 2.75. The second-order valence-electron chi connectivity index (χ2n) is 9.76. The van der Waals surface area contributed by atoms with Gasteiger partial charge in [-0.3, -0.25) is 0 Å². The Balaban J connectivity index is 1.43. The first-order valence-corrected chi connectivity index (χ1v) is 12.1. The van der Waals surface area contributed by atoms with Crippen LogP contribution >= 0.6 is 0 Å². The van der Waals surface area contributed by atoms with Crippen molar-refractivity contribution in [3.8, 4) is 5.75 Å². The number of rotatable bonds is 7. The van der Waals surface area contributed by atoms with E-state index in [1.54, 1.807) is 12.1 Å². The lowest BCUT2D eigenvalue weighted by molar-refractivity contribution is 0.112. The third-order valence-corrected chi connectivity index (χ3v) is 7.86. The molecule has 30 heavy (non-hydrogen) atoms. The van der Waals surface area contributed by atoms with Crippen LogP contribution in [0.1, 0.15) is 89.0 Å². The van der Waals surface area contributed by atoms with Crippen molar-refractivity contribution in [2.75, 3.05) is 7.11 Å². The molecule has 2 aliphatic rings. The molecule has 2 unspecified atom stereocenters. The van der Waals surface area contributed by atoms with Crippen molar-refractivity contribution in [3.63, 3.8) is 0 Å². The Labute approximate surface area is 180 Å². The minimum Gasteiger partial charge on any atom is -0.497 e. The van der Waals surface area contributed by atoms with Gasteiger partial charge in [0.15, 0.2) is 0 Å². The summed E-state index contributed by atoms with van der Waals surface area (Å²) in [6.45, 7) is 2.27. The van der Waals surface area contributed by atoms with E-state index < -0.39 is 0 Å². The molecule has 0 amide bonds. The third-order valence-electron chi connectivity index (χ3n) is 7.86. The molecule has 2 fully saturated rings. The molecule has 2 aliphatic carbocycles. The summed E-state index contributed by atoms with van der Waals surface area (Å²) in [5.41, 5.74) is 0.715. The van der Waals surface area contributed by atoms with Gasteiger partial charge in [-0.1, -0.05) is 45.4 Å². The molecule has 4 atom stereocenters. The Hall–Kier alpha value is -1.64. The predicted octanol–water partition coefficient (Wildman–Crippen LogP) is 8.40. The van der Waals surface area contributed by atoms with Gasteiger partial charge in [0, 0.05) is 11.5 Å². The molecule has 4 rings (SSSR count). The van der Waals surface area contributed by atoms with Crippen LogP contribution in [0.25, 0.3) is 10.8 Å². The van der Waals surface area contributed by atoms with E-state index >= 15 is 0 Å². The molecular weight excluding hydrogens is 378 g/mol. The van der Waals surface area contributed by atoms with E-state index in [0.717, 1.165) is 24.7 Å². The molecule has 0 bridgehead atoms. The summed E-state index contributed by atoms with van der Waals surface area (Å²) in [5.74, 6) is 2.56. The zero-order chi connectivity index (χ0) is 21.1. The monoisotopic (exact) mass is 414 g/mol. The standard InChI is InChI=1S/C27H36F2O/c1-3-4-5-6-7-18-8-9-20-13-21(11-10-19(20)12-18)24-17-25-22(15-26(24)28)14-23(30-2)16-27(25)29/h14-21H,3-13H2,1-2H3/t18?,19-,20?,21-/m1/s1. The normalized spacial score (nSPS) is 26.5. The van der Waals surface area contributed by atoms with Crippen LogP contribution in [0.5, 0.6) is 5.75 Å². The van der Waals surface area contributed by atoms with E-state index in [1.807, 2.05) is 0 Å². The molecular formula is C27H36F2O. The molecule has 0 spiro atoms. The second kappa shape index (κ2) is 9.66. The van der Waals surface area contributed by atoms with Crippen LogP contribution in [0.2, 0.25) is 0 Å². The maximum atomic E-state index is 15.0. The van der Waals surface area contributed by atoms with E-state index in [2.05, 4.69) is 6.92 Å². The van der Waals surface area contributed by atoms with Gasteiger partial charge >= 0.3 is 0 Å². The van der Waals surface area contributed by atoms with Gasteiger partial charge in [0.1, 0.15) is 17.4 Å². The number of benzene rings is 2. The lowest BCUT2D eigenvalue weighted by Crippen LogP contribution is -2.30. The second-order valence-corrected chi connectivity index (χ2v) is 9.76. The molecule has 1 nitrogen and oxygen atoms in total. The fraction of sp³-hybridized carbons (Fsp3) is 0.630. The Morgan fingerprint density at radius 3 is 2.47 bits per heavy atom. The van der Waals surface area contributed by atoms with Crippen LogP contribution < -0.4 is 4.74 Å². The van der Waals surface area contributed by atoms with Gasteiger partial charge in [-0.05, 0) is 84.9 Å². The zero-order valence-corrected chi connectivity index (χ0v) is 18.6. The molecule has 2 aromatic rings. The summed E-state index contributed by atoms with van der Waals surface area (Å²) in [5, 5.41) is 1.08. The van der Waals surface area contributed by atoms with Gasteiger partial charge in [0.2, 0.25) is 0 Å². The van der Waals surface area contributed by atoms with E-state index in [0.29, 0.717) is 28.0 Å². The number of hydrogen-bond donors (Lipinski definition) is 0. The molecule has 0 saturated heterocycles. The Morgan fingerprint density at radius 1 is 0.867 bits per heavy atom. The lowest BCUT2D eigenvalue weighted by atomic mass is 9.63. The number of fused-ring (bicyclic) bond motifs is 2. The highest BCUT2D eigenvalue weighted by molar-refractivity contribution is 5.85. The van der Waals surface area contributed by atoms with E-state index in [9.17, 15) is 8.78 Å². The minimum atomic E-state index is -0.331. The fourth-order valence-corrected chi connectivity index (χ4v) is 6.15. The van der Waals surface area contributed by atoms with Crippen molar-refractivity contribution in [1.29, 1.82) is 0 Å². The van der Waals surface area contributed by atoms with Crippen LogP contribution in [0.4, 0.5) is 8.78 Å². The number of halogens is 2. The summed E-state index contributed by atoms with van der Waals surface area (Å²) in [6, 6.07) is 6.37. The van der Waals surface area contributed by atoms with Crippen molar-refractivity contribution in [1.82, 2.24) is 0 Å². The van der Waals surface area contributed by atoms with Gasteiger partial charge in [-0.25, -0.2) is 8.78 Å². The van der Waals surface area contributed by atoms with Crippen molar-refractivity contribution >= 4 is 10.8 Å². The first-order valence-electron chi connectivity index (χ1n) is 12.1. The summed E-state index contributed by atoms with van der Waals surface area (Å²) >= 11 is 0. The molecule has 164 valence electrons. The van der Waals surface area contributed by atoms with E-state index in [4.69, 9.17) is 4.74 Å². The third kappa shape index (κ3) is 4.65. The largest absolute Gasteiger partial charge is 0.497 e. The molecule has 0 N–H and O–H groups in total. The van der Waals surface area contributed by atoms with Gasteiger partial charge in [-0.15, -0.1) is 0 Å². The summed E-state index contributed by atoms with van der Waals surface area (Å²) in [6.07, 6.45) is 14.1. The molecule has 3 heteroatoms. The predicted molar refractivity (Wildman–Crippen MR) is 120 cm³/mol.